The van der Waals surface area contributed by atoms with Crippen molar-refractivity contribution in [2.24, 2.45) is 17.8 Å². The molecule has 4 rings (SSSR count). The average Bonchev–Trinajstić information content (AvgIpc) is 2.77. The van der Waals surface area contributed by atoms with Gasteiger partial charge in [-0.05, 0) is 26.7 Å². The molecule has 4 aliphatic rings. The number of aliphatic hydroxyl groups excluding tert-OH is 1. The van der Waals surface area contributed by atoms with Crippen LogP contribution in [0, 0.1) is 17.8 Å². The Kier molecular flexibility index (Phi) is 2.03. The summed E-state index contributed by atoms with van der Waals surface area (Å²) in [5, 5.41) is 10.4. The summed E-state index contributed by atoms with van der Waals surface area (Å²) in [4.78, 5) is 11.9. The lowest BCUT2D eigenvalue weighted by Gasteiger charge is -2.28. The maximum atomic E-state index is 11.9. The number of rotatable bonds is 0. The number of esters is 1. The second-order valence-corrected chi connectivity index (χ2v) is 6.85. The van der Waals surface area contributed by atoms with Crippen LogP contribution in [0.4, 0.5) is 0 Å². The third kappa shape index (κ3) is 1.16. The van der Waals surface area contributed by atoms with Crippen molar-refractivity contribution in [1.82, 2.24) is 0 Å². The van der Waals surface area contributed by atoms with E-state index in [0.29, 0.717) is 0 Å². The Morgan fingerprint density at radius 1 is 1.47 bits per heavy atom. The van der Waals surface area contributed by atoms with E-state index in [4.69, 9.17) is 9.47 Å². The Bertz CT molecular complexity index is 498. The van der Waals surface area contributed by atoms with Crippen molar-refractivity contribution in [3.8, 4) is 0 Å². The summed E-state index contributed by atoms with van der Waals surface area (Å²) in [6.07, 6.45) is 3.02. The van der Waals surface area contributed by atoms with Crippen molar-refractivity contribution in [1.29, 1.82) is 0 Å². The number of carbonyl (C=O) groups excluding carboxylic acids is 1. The third-order valence-corrected chi connectivity index (χ3v) is 5.96. The van der Waals surface area contributed by atoms with Crippen LogP contribution in [0.5, 0.6) is 0 Å². The van der Waals surface area contributed by atoms with E-state index in [-0.39, 0.29) is 35.4 Å². The molecule has 2 aliphatic heterocycles. The lowest BCUT2D eigenvalue weighted by Crippen LogP contribution is -2.43. The molecular weight excluding hydrogens is 244 g/mol. The Labute approximate surface area is 112 Å². The fraction of sp³-hybridized carbons (Fsp3) is 0.800. The van der Waals surface area contributed by atoms with Crippen LogP contribution in [0.25, 0.3) is 0 Å². The van der Waals surface area contributed by atoms with Crippen LogP contribution in [0.3, 0.4) is 0 Å². The number of fused-ring (bicyclic) bond motifs is 2. The first kappa shape index (κ1) is 11.9. The molecule has 7 atom stereocenters. The smallest absolute Gasteiger partial charge is 0.309 e. The van der Waals surface area contributed by atoms with Gasteiger partial charge in [-0.1, -0.05) is 18.6 Å². The molecule has 2 heterocycles. The number of hydrogen-bond donors (Lipinski definition) is 1. The molecule has 0 radical (unpaired) electrons. The molecule has 3 unspecified atom stereocenters. The predicted octanol–water partition coefficient (Wildman–Crippen LogP) is 1.42. The highest BCUT2D eigenvalue weighted by Crippen LogP contribution is 2.67. The Balaban J connectivity index is 1.81. The molecule has 4 nitrogen and oxygen atoms in total. The largest absolute Gasteiger partial charge is 0.461 e. The molecule has 0 aromatic carbocycles. The van der Waals surface area contributed by atoms with Crippen LogP contribution in [0.1, 0.15) is 33.6 Å². The number of ether oxygens (including phenoxy) is 2. The summed E-state index contributed by atoms with van der Waals surface area (Å²) in [6, 6.07) is 0. The van der Waals surface area contributed by atoms with Gasteiger partial charge in [0.25, 0.3) is 0 Å². The van der Waals surface area contributed by atoms with Gasteiger partial charge in [-0.3, -0.25) is 4.79 Å². The number of hydrogen-bond acceptors (Lipinski definition) is 4. The zero-order valence-electron chi connectivity index (χ0n) is 11.6. The fourth-order valence-electron chi connectivity index (χ4n) is 4.82. The topological polar surface area (TPSA) is 59.1 Å². The molecular formula is C15H20O4. The minimum absolute atomic E-state index is 0.0221. The predicted molar refractivity (Wildman–Crippen MR) is 67.2 cm³/mol. The van der Waals surface area contributed by atoms with E-state index in [0.717, 1.165) is 18.4 Å². The van der Waals surface area contributed by atoms with E-state index in [1.165, 1.54) is 0 Å². The molecule has 0 amide bonds. The fourth-order valence-corrected chi connectivity index (χ4v) is 4.82. The minimum atomic E-state index is -0.573. The van der Waals surface area contributed by atoms with E-state index in [1.807, 2.05) is 19.9 Å². The van der Waals surface area contributed by atoms with Crippen LogP contribution >= 0.6 is 0 Å². The third-order valence-electron chi connectivity index (χ3n) is 5.96. The van der Waals surface area contributed by atoms with Gasteiger partial charge in [-0.15, -0.1) is 0 Å². The summed E-state index contributed by atoms with van der Waals surface area (Å²) >= 11 is 0. The van der Waals surface area contributed by atoms with Crippen molar-refractivity contribution >= 4 is 5.97 Å². The van der Waals surface area contributed by atoms with Crippen molar-refractivity contribution in [2.45, 2.75) is 57.0 Å². The SMILES string of the molecule is CC1=C[C@H](O)[C@@]23O[C@]2(C)CCC2C(C)C(=O)O[C@@H]2C13. The maximum Gasteiger partial charge on any atom is 0.309 e. The van der Waals surface area contributed by atoms with Gasteiger partial charge in [0.1, 0.15) is 17.8 Å². The Hall–Kier alpha value is -0.870. The van der Waals surface area contributed by atoms with Gasteiger partial charge in [0.05, 0.1) is 17.4 Å². The van der Waals surface area contributed by atoms with Gasteiger partial charge in [-0.2, -0.15) is 0 Å². The summed E-state index contributed by atoms with van der Waals surface area (Å²) in [7, 11) is 0. The van der Waals surface area contributed by atoms with Crippen molar-refractivity contribution in [3.63, 3.8) is 0 Å². The van der Waals surface area contributed by atoms with Gasteiger partial charge < -0.3 is 14.6 Å². The normalized spacial score (nSPS) is 58.6. The monoisotopic (exact) mass is 264 g/mol. The highest BCUT2D eigenvalue weighted by molar-refractivity contribution is 5.75. The highest BCUT2D eigenvalue weighted by atomic mass is 16.6. The Morgan fingerprint density at radius 3 is 2.95 bits per heavy atom. The molecule has 1 saturated carbocycles. The standard InChI is InChI=1S/C15H20O4/c1-7-6-10(16)15-11(7)12-9(8(2)13(17)18-12)4-5-14(15,3)19-15/h6,8-12,16H,4-5H2,1-3H3/t8?,9?,10-,11?,12-,14+,15-/m0/s1. The van der Waals surface area contributed by atoms with E-state index in [1.54, 1.807) is 0 Å². The summed E-state index contributed by atoms with van der Waals surface area (Å²) < 4.78 is 11.7. The highest BCUT2D eigenvalue weighted by Gasteiger charge is 2.79. The minimum Gasteiger partial charge on any atom is -0.461 e. The molecule has 19 heavy (non-hydrogen) atoms. The second-order valence-electron chi connectivity index (χ2n) is 6.85. The molecule has 3 fully saturated rings. The van der Waals surface area contributed by atoms with Crippen LogP contribution in [0.15, 0.2) is 11.6 Å². The van der Waals surface area contributed by atoms with E-state index >= 15 is 0 Å². The summed E-state index contributed by atoms with van der Waals surface area (Å²) in [6.45, 7) is 6.07. The van der Waals surface area contributed by atoms with Gasteiger partial charge >= 0.3 is 5.97 Å². The van der Waals surface area contributed by atoms with Crippen LogP contribution < -0.4 is 0 Å². The summed E-state index contributed by atoms with van der Waals surface area (Å²) in [5.41, 5.74) is 0.304. The number of epoxide rings is 1. The van der Waals surface area contributed by atoms with Gasteiger partial charge in [0, 0.05) is 5.92 Å². The zero-order chi connectivity index (χ0) is 13.6. The molecule has 2 aliphatic carbocycles. The van der Waals surface area contributed by atoms with E-state index in [9.17, 15) is 9.90 Å². The molecule has 104 valence electrons. The lowest BCUT2D eigenvalue weighted by molar-refractivity contribution is -0.146. The van der Waals surface area contributed by atoms with E-state index < -0.39 is 11.7 Å². The van der Waals surface area contributed by atoms with Crippen LogP contribution in [-0.4, -0.2) is 34.5 Å². The average molecular weight is 264 g/mol. The van der Waals surface area contributed by atoms with Gasteiger partial charge in [-0.25, -0.2) is 0 Å². The molecule has 0 bridgehead atoms. The van der Waals surface area contributed by atoms with Gasteiger partial charge in [0.2, 0.25) is 0 Å². The molecule has 4 heteroatoms. The van der Waals surface area contributed by atoms with Crippen molar-refractivity contribution < 1.29 is 19.4 Å². The Morgan fingerprint density at radius 2 is 2.21 bits per heavy atom. The number of carbonyl (C=O) groups is 1. The summed E-state index contributed by atoms with van der Waals surface area (Å²) in [5.74, 6) is 0.155. The molecule has 1 spiro atoms. The first-order valence-electron chi connectivity index (χ1n) is 7.18. The second kappa shape index (κ2) is 3.23. The lowest BCUT2D eigenvalue weighted by atomic mass is 9.77. The maximum absolute atomic E-state index is 11.9. The van der Waals surface area contributed by atoms with Crippen molar-refractivity contribution in [2.75, 3.05) is 0 Å². The molecule has 1 N–H and O–H groups in total. The quantitative estimate of drug-likeness (QED) is 0.408. The van der Waals surface area contributed by atoms with Gasteiger partial charge in [0.15, 0.2) is 0 Å². The molecule has 2 saturated heterocycles. The van der Waals surface area contributed by atoms with Crippen LogP contribution in [-0.2, 0) is 14.3 Å². The van der Waals surface area contributed by atoms with Crippen LogP contribution in [0.2, 0.25) is 0 Å². The van der Waals surface area contributed by atoms with Crippen molar-refractivity contribution in [3.05, 3.63) is 11.6 Å². The molecule has 0 aromatic heterocycles. The first-order valence-corrected chi connectivity index (χ1v) is 7.18. The first-order chi connectivity index (χ1) is 8.91. The molecule has 0 aromatic rings. The van der Waals surface area contributed by atoms with E-state index in [2.05, 4.69) is 6.92 Å². The zero-order valence-corrected chi connectivity index (χ0v) is 11.6. The number of aliphatic hydroxyl groups is 1.